The van der Waals surface area contributed by atoms with Gasteiger partial charge in [-0.15, -0.1) is 11.6 Å². The first-order valence-corrected chi connectivity index (χ1v) is 5.75. The Morgan fingerprint density at radius 3 is 2.81 bits per heavy atom. The highest BCUT2D eigenvalue weighted by Crippen LogP contribution is 2.17. The van der Waals surface area contributed by atoms with Gasteiger partial charge in [0.1, 0.15) is 5.82 Å². The summed E-state index contributed by atoms with van der Waals surface area (Å²) in [6.45, 7) is 2.38. The average molecular weight is 264 g/mol. The van der Waals surface area contributed by atoms with Crippen molar-refractivity contribution in [2.24, 2.45) is 5.92 Å². The number of alkyl halides is 1. The second-order valence-corrected chi connectivity index (χ2v) is 4.31. The van der Waals surface area contributed by atoms with Gasteiger partial charge in [0.2, 0.25) is 0 Å². The molecule has 1 aromatic carbocycles. The Labute approximate surface area is 104 Å². The van der Waals surface area contributed by atoms with E-state index in [1.807, 2.05) is 6.92 Å². The van der Waals surface area contributed by atoms with Crippen molar-refractivity contribution in [3.05, 3.63) is 34.6 Å². The normalized spacial score (nSPS) is 12.2. The van der Waals surface area contributed by atoms with Crippen LogP contribution in [0.15, 0.2) is 18.2 Å². The van der Waals surface area contributed by atoms with Crippen LogP contribution in [0.25, 0.3) is 0 Å². The number of benzene rings is 1. The number of halogens is 3. The summed E-state index contributed by atoms with van der Waals surface area (Å²) in [6, 6.07) is 3.67. The Kier molecular flexibility index (Phi) is 5.03. The molecule has 0 aliphatic rings. The van der Waals surface area contributed by atoms with Gasteiger partial charge in [-0.05, 0) is 24.1 Å². The fraction of sp³-hybridized carbons (Fsp3) is 0.364. The number of carbonyl (C=O) groups is 1. The number of hydrogen-bond donors (Lipinski definition) is 1. The molecular formula is C11H12Cl2FNO. The van der Waals surface area contributed by atoms with Gasteiger partial charge in [0, 0.05) is 12.4 Å². The third-order valence-corrected chi connectivity index (χ3v) is 2.89. The SMILES string of the molecule is CC(CCl)CNC(=O)c1ccc(F)cc1Cl. The second kappa shape index (κ2) is 6.06. The molecule has 0 saturated heterocycles. The van der Waals surface area contributed by atoms with Gasteiger partial charge in [0.05, 0.1) is 10.6 Å². The summed E-state index contributed by atoms with van der Waals surface area (Å²) >= 11 is 11.4. The minimum Gasteiger partial charge on any atom is -0.352 e. The number of amides is 1. The molecule has 0 heterocycles. The molecule has 1 atom stereocenters. The van der Waals surface area contributed by atoms with Gasteiger partial charge in [0.15, 0.2) is 0 Å². The third-order valence-electron chi connectivity index (χ3n) is 2.05. The van der Waals surface area contributed by atoms with Crippen LogP contribution in [0.2, 0.25) is 5.02 Å². The van der Waals surface area contributed by atoms with Crippen molar-refractivity contribution < 1.29 is 9.18 Å². The molecule has 0 aliphatic carbocycles. The van der Waals surface area contributed by atoms with E-state index in [0.29, 0.717) is 12.4 Å². The van der Waals surface area contributed by atoms with E-state index in [1.54, 1.807) is 0 Å². The Morgan fingerprint density at radius 1 is 1.56 bits per heavy atom. The molecule has 0 aliphatic heterocycles. The van der Waals surface area contributed by atoms with Crippen molar-refractivity contribution in [1.29, 1.82) is 0 Å². The summed E-state index contributed by atoms with van der Waals surface area (Å²) in [5.41, 5.74) is 0.268. The van der Waals surface area contributed by atoms with Crippen molar-refractivity contribution in [3.63, 3.8) is 0 Å². The molecule has 1 rings (SSSR count). The maximum atomic E-state index is 12.7. The molecule has 0 spiro atoms. The van der Waals surface area contributed by atoms with Crippen molar-refractivity contribution in [2.45, 2.75) is 6.92 Å². The molecule has 5 heteroatoms. The van der Waals surface area contributed by atoms with E-state index < -0.39 is 5.82 Å². The molecule has 0 bridgehead atoms. The molecule has 1 unspecified atom stereocenters. The van der Waals surface area contributed by atoms with Crippen molar-refractivity contribution in [3.8, 4) is 0 Å². The predicted octanol–water partition coefficient (Wildman–Crippen LogP) is 3.08. The Balaban J connectivity index is 2.66. The van der Waals surface area contributed by atoms with E-state index in [4.69, 9.17) is 23.2 Å². The smallest absolute Gasteiger partial charge is 0.252 e. The van der Waals surface area contributed by atoms with Crippen molar-refractivity contribution in [2.75, 3.05) is 12.4 Å². The summed E-state index contributed by atoms with van der Waals surface area (Å²) < 4.78 is 12.7. The van der Waals surface area contributed by atoms with E-state index in [-0.39, 0.29) is 22.4 Å². The van der Waals surface area contributed by atoms with Crippen molar-refractivity contribution in [1.82, 2.24) is 5.32 Å². The first-order chi connectivity index (χ1) is 7.54. The van der Waals surface area contributed by atoms with Gasteiger partial charge in [0.25, 0.3) is 5.91 Å². The lowest BCUT2D eigenvalue weighted by atomic mass is 10.2. The first-order valence-electron chi connectivity index (χ1n) is 4.83. The lowest BCUT2D eigenvalue weighted by molar-refractivity contribution is 0.0949. The number of hydrogen-bond acceptors (Lipinski definition) is 1. The Bertz CT molecular complexity index is 384. The molecule has 1 aromatic rings. The maximum absolute atomic E-state index is 12.7. The van der Waals surface area contributed by atoms with Crippen LogP contribution in [0.5, 0.6) is 0 Å². The molecule has 16 heavy (non-hydrogen) atoms. The molecule has 2 nitrogen and oxygen atoms in total. The van der Waals surface area contributed by atoms with E-state index in [2.05, 4.69) is 5.32 Å². The fourth-order valence-corrected chi connectivity index (χ4v) is 1.45. The predicted molar refractivity (Wildman–Crippen MR) is 63.6 cm³/mol. The minimum absolute atomic E-state index is 0.107. The first kappa shape index (κ1) is 13.3. The van der Waals surface area contributed by atoms with Crippen molar-refractivity contribution >= 4 is 29.1 Å². The molecule has 0 fully saturated rings. The highest BCUT2D eigenvalue weighted by Gasteiger charge is 2.11. The zero-order valence-corrected chi connectivity index (χ0v) is 10.3. The van der Waals surface area contributed by atoms with Crippen LogP contribution < -0.4 is 5.32 Å². The lowest BCUT2D eigenvalue weighted by Crippen LogP contribution is -2.29. The molecule has 1 N–H and O–H groups in total. The highest BCUT2D eigenvalue weighted by atomic mass is 35.5. The number of carbonyl (C=O) groups excluding carboxylic acids is 1. The summed E-state index contributed by atoms with van der Waals surface area (Å²) in [5, 5.41) is 2.79. The average Bonchev–Trinajstić information content (AvgIpc) is 2.25. The molecule has 0 aromatic heterocycles. The number of rotatable bonds is 4. The second-order valence-electron chi connectivity index (χ2n) is 3.59. The van der Waals surface area contributed by atoms with Gasteiger partial charge < -0.3 is 5.32 Å². The minimum atomic E-state index is -0.462. The summed E-state index contributed by atoms with van der Waals surface area (Å²) in [5.74, 6) is -0.125. The van der Waals surface area contributed by atoms with Crippen LogP contribution in [0.1, 0.15) is 17.3 Å². The largest absolute Gasteiger partial charge is 0.352 e. The van der Waals surface area contributed by atoms with E-state index >= 15 is 0 Å². The van der Waals surface area contributed by atoms with Crippen LogP contribution in [-0.2, 0) is 0 Å². The van der Waals surface area contributed by atoms with Gasteiger partial charge in [-0.25, -0.2) is 4.39 Å². The van der Waals surface area contributed by atoms with Crippen LogP contribution in [-0.4, -0.2) is 18.3 Å². The molecule has 0 saturated carbocycles. The summed E-state index contributed by atoms with van der Waals surface area (Å²) in [4.78, 5) is 11.6. The van der Waals surface area contributed by atoms with Gasteiger partial charge in [-0.2, -0.15) is 0 Å². The number of nitrogens with one attached hydrogen (secondary N) is 1. The van der Waals surface area contributed by atoms with E-state index in [0.717, 1.165) is 6.07 Å². The summed E-state index contributed by atoms with van der Waals surface area (Å²) in [6.07, 6.45) is 0. The van der Waals surface area contributed by atoms with Crippen LogP contribution >= 0.6 is 23.2 Å². The van der Waals surface area contributed by atoms with Gasteiger partial charge in [-0.1, -0.05) is 18.5 Å². The molecule has 1 amide bonds. The van der Waals surface area contributed by atoms with E-state index in [1.165, 1.54) is 12.1 Å². The van der Waals surface area contributed by atoms with Gasteiger partial charge >= 0.3 is 0 Å². The molecular weight excluding hydrogens is 252 g/mol. The zero-order valence-electron chi connectivity index (χ0n) is 8.77. The van der Waals surface area contributed by atoms with Crippen LogP contribution in [0.4, 0.5) is 4.39 Å². The third kappa shape index (κ3) is 3.65. The maximum Gasteiger partial charge on any atom is 0.252 e. The topological polar surface area (TPSA) is 29.1 Å². The zero-order chi connectivity index (χ0) is 12.1. The Morgan fingerprint density at radius 2 is 2.25 bits per heavy atom. The lowest BCUT2D eigenvalue weighted by Gasteiger charge is -2.10. The van der Waals surface area contributed by atoms with Crippen LogP contribution in [0, 0.1) is 11.7 Å². The summed E-state index contributed by atoms with van der Waals surface area (Å²) in [7, 11) is 0. The quantitative estimate of drug-likeness (QED) is 0.832. The van der Waals surface area contributed by atoms with Crippen LogP contribution in [0.3, 0.4) is 0 Å². The fourth-order valence-electron chi connectivity index (χ4n) is 1.09. The monoisotopic (exact) mass is 263 g/mol. The standard InChI is InChI=1S/C11H12Cl2FNO/c1-7(5-12)6-15-11(16)9-3-2-8(14)4-10(9)13/h2-4,7H,5-6H2,1H3,(H,15,16). The van der Waals surface area contributed by atoms with E-state index in [9.17, 15) is 9.18 Å². The van der Waals surface area contributed by atoms with Gasteiger partial charge in [-0.3, -0.25) is 4.79 Å². The molecule has 0 radical (unpaired) electrons. The Hall–Kier alpha value is -0.800. The highest BCUT2D eigenvalue weighted by molar-refractivity contribution is 6.33. The molecule has 88 valence electrons.